The van der Waals surface area contributed by atoms with E-state index in [2.05, 4.69) is 26.1 Å². The Morgan fingerprint density at radius 1 is 1.00 bits per heavy atom. The summed E-state index contributed by atoms with van der Waals surface area (Å²) in [5.74, 6) is -0.278. The van der Waals surface area contributed by atoms with E-state index in [0.29, 0.717) is 21.7 Å². The van der Waals surface area contributed by atoms with Crippen LogP contribution in [0.15, 0.2) is 53.9 Å². The monoisotopic (exact) mass is 395 g/mol. The SMILES string of the molecule is Cc1ccc(-c2csc(NC(=O)c3ccc(C(C)(C)C)cc3)c2C(O)O)cc1. The van der Waals surface area contributed by atoms with Gasteiger partial charge >= 0.3 is 0 Å². The fourth-order valence-electron chi connectivity index (χ4n) is 2.97. The average Bonchev–Trinajstić information content (AvgIpc) is 3.05. The number of hydrogen-bond donors (Lipinski definition) is 3. The maximum absolute atomic E-state index is 12.7. The van der Waals surface area contributed by atoms with E-state index in [1.165, 1.54) is 11.3 Å². The van der Waals surface area contributed by atoms with E-state index in [9.17, 15) is 15.0 Å². The highest BCUT2D eigenvalue weighted by atomic mass is 32.1. The highest BCUT2D eigenvalue weighted by molar-refractivity contribution is 7.15. The molecule has 1 amide bonds. The Hall–Kier alpha value is -2.47. The molecule has 0 aliphatic carbocycles. The van der Waals surface area contributed by atoms with Crippen LogP contribution in [-0.2, 0) is 5.41 Å². The van der Waals surface area contributed by atoms with Gasteiger partial charge in [0.05, 0.1) is 0 Å². The molecule has 0 saturated heterocycles. The van der Waals surface area contributed by atoms with Crippen molar-refractivity contribution in [1.29, 1.82) is 0 Å². The van der Waals surface area contributed by atoms with Crippen molar-refractivity contribution in [3.8, 4) is 11.1 Å². The third-order valence-electron chi connectivity index (χ3n) is 4.69. The molecule has 0 aliphatic heterocycles. The van der Waals surface area contributed by atoms with Gasteiger partial charge in [0.2, 0.25) is 0 Å². The highest BCUT2D eigenvalue weighted by Crippen LogP contribution is 2.39. The molecule has 0 spiro atoms. The van der Waals surface area contributed by atoms with Crippen LogP contribution in [-0.4, -0.2) is 16.1 Å². The highest BCUT2D eigenvalue weighted by Gasteiger charge is 2.21. The zero-order valence-corrected chi connectivity index (χ0v) is 17.3. The van der Waals surface area contributed by atoms with Crippen LogP contribution >= 0.6 is 11.3 Å². The predicted octanol–water partition coefficient (Wildman–Crippen LogP) is 5.26. The lowest BCUT2D eigenvalue weighted by atomic mass is 9.87. The second kappa shape index (κ2) is 7.87. The molecular weight excluding hydrogens is 370 g/mol. The van der Waals surface area contributed by atoms with Gasteiger partial charge < -0.3 is 15.5 Å². The summed E-state index contributed by atoms with van der Waals surface area (Å²) < 4.78 is 0. The van der Waals surface area contributed by atoms with Crippen LogP contribution in [0.5, 0.6) is 0 Å². The van der Waals surface area contributed by atoms with Crippen LogP contribution in [0.25, 0.3) is 11.1 Å². The second-order valence-corrected chi connectivity index (χ2v) is 8.79. The first-order chi connectivity index (χ1) is 13.2. The molecule has 5 heteroatoms. The Morgan fingerprint density at radius 2 is 1.61 bits per heavy atom. The zero-order chi connectivity index (χ0) is 20.5. The molecule has 0 unspecified atom stereocenters. The number of carbonyl (C=O) groups is 1. The average molecular weight is 396 g/mol. The van der Waals surface area contributed by atoms with Gasteiger partial charge in [-0.2, -0.15) is 0 Å². The Labute approximate surface area is 169 Å². The number of amides is 1. The molecule has 146 valence electrons. The van der Waals surface area contributed by atoms with Crippen LogP contribution in [0.4, 0.5) is 5.00 Å². The molecule has 28 heavy (non-hydrogen) atoms. The number of aliphatic hydroxyl groups is 2. The predicted molar refractivity (Wildman–Crippen MR) is 115 cm³/mol. The summed E-state index contributed by atoms with van der Waals surface area (Å²) in [6, 6.07) is 15.3. The molecule has 3 aromatic rings. The largest absolute Gasteiger partial charge is 0.364 e. The second-order valence-electron chi connectivity index (χ2n) is 7.91. The van der Waals surface area contributed by atoms with E-state index in [1.54, 1.807) is 12.1 Å². The van der Waals surface area contributed by atoms with Crippen molar-refractivity contribution >= 4 is 22.2 Å². The number of aryl methyl sites for hydroxylation is 1. The van der Waals surface area contributed by atoms with Crippen LogP contribution in [0, 0.1) is 6.92 Å². The minimum atomic E-state index is -1.68. The maximum atomic E-state index is 12.7. The van der Waals surface area contributed by atoms with Crippen molar-refractivity contribution in [3.63, 3.8) is 0 Å². The molecule has 0 atom stereocenters. The van der Waals surface area contributed by atoms with Crippen LogP contribution < -0.4 is 5.32 Å². The first-order valence-electron chi connectivity index (χ1n) is 9.13. The zero-order valence-electron chi connectivity index (χ0n) is 16.5. The molecule has 4 nitrogen and oxygen atoms in total. The minimum absolute atomic E-state index is 0.0138. The fourth-order valence-corrected chi connectivity index (χ4v) is 3.97. The van der Waals surface area contributed by atoms with Gasteiger partial charge in [-0.05, 0) is 35.6 Å². The first kappa shape index (κ1) is 20.3. The van der Waals surface area contributed by atoms with Crippen LogP contribution in [0.3, 0.4) is 0 Å². The van der Waals surface area contributed by atoms with E-state index < -0.39 is 6.29 Å². The normalized spacial score (nSPS) is 11.7. The standard InChI is InChI=1S/C23H25NO3S/c1-14-5-7-15(8-6-14)18-13-28-21(19(18)22(26)27)24-20(25)16-9-11-17(12-10-16)23(2,3)4/h5-13,22,26-27H,1-4H3,(H,24,25). The summed E-state index contributed by atoms with van der Waals surface area (Å²) in [6.45, 7) is 8.36. The molecular formula is C23H25NO3S. The van der Waals surface area contributed by atoms with Gasteiger partial charge in [-0.3, -0.25) is 4.79 Å². The number of aliphatic hydroxyl groups excluding tert-OH is 1. The summed E-state index contributed by atoms with van der Waals surface area (Å²) >= 11 is 1.28. The molecule has 1 aromatic heterocycles. The molecule has 2 aromatic carbocycles. The number of carbonyl (C=O) groups excluding carboxylic acids is 1. The maximum Gasteiger partial charge on any atom is 0.256 e. The summed E-state index contributed by atoms with van der Waals surface area (Å²) in [7, 11) is 0. The van der Waals surface area contributed by atoms with Crippen molar-refractivity contribution in [1.82, 2.24) is 0 Å². The number of nitrogens with one attached hydrogen (secondary N) is 1. The number of benzene rings is 2. The van der Waals surface area contributed by atoms with Crippen molar-refractivity contribution in [2.45, 2.75) is 39.4 Å². The molecule has 3 rings (SSSR count). The lowest BCUT2D eigenvalue weighted by Crippen LogP contribution is -2.15. The molecule has 0 aliphatic rings. The van der Waals surface area contributed by atoms with E-state index in [0.717, 1.165) is 16.7 Å². The first-order valence-corrected chi connectivity index (χ1v) is 10.0. The summed E-state index contributed by atoms with van der Waals surface area (Å²) in [6.07, 6.45) is -1.68. The van der Waals surface area contributed by atoms with E-state index in [-0.39, 0.29) is 11.3 Å². The van der Waals surface area contributed by atoms with Gasteiger partial charge in [-0.25, -0.2) is 0 Å². The Bertz CT molecular complexity index is 965. The molecule has 3 N–H and O–H groups in total. The van der Waals surface area contributed by atoms with Crippen molar-refractivity contribution in [2.24, 2.45) is 0 Å². The Kier molecular flexibility index (Phi) is 5.70. The van der Waals surface area contributed by atoms with Gasteiger partial charge in [-0.1, -0.05) is 62.7 Å². The van der Waals surface area contributed by atoms with Gasteiger partial charge in [-0.15, -0.1) is 11.3 Å². The number of thiophene rings is 1. The van der Waals surface area contributed by atoms with Gasteiger partial charge in [0.15, 0.2) is 6.29 Å². The number of rotatable bonds is 4. The van der Waals surface area contributed by atoms with E-state index in [4.69, 9.17) is 0 Å². The summed E-state index contributed by atoms with van der Waals surface area (Å²) in [5.41, 5.74) is 4.70. The Balaban J connectivity index is 1.88. The summed E-state index contributed by atoms with van der Waals surface area (Å²) in [5, 5.41) is 24.9. The minimum Gasteiger partial charge on any atom is -0.364 e. The lowest BCUT2D eigenvalue weighted by Gasteiger charge is -2.19. The molecule has 0 fully saturated rings. The topological polar surface area (TPSA) is 69.6 Å². The third kappa shape index (κ3) is 4.33. The van der Waals surface area contributed by atoms with Crippen LogP contribution in [0.2, 0.25) is 0 Å². The van der Waals surface area contributed by atoms with E-state index in [1.807, 2.05) is 48.7 Å². The van der Waals surface area contributed by atoms with Crippen molar-refractivity contribution in [3.05, 3.63) is 76.2 Å². The van der Waals surface area contributed by atoms with Crippen molar-refractivity contribution in [2.75, 3.05) is 5.32 Å². The number of anilines is 1. The van der Waals surface area contributed by atoms with E-state index >= 15 is 0 Å². The Morgan fingerprint density at radius 3 is 2.14 bits per heavy atom. The molecule has 0 radical (unpaired) electrons. The fraction of sp³-hybridized carbons (Fsp3) is 0.261. The molecule has 1 heterocycles. The molecule has 0 saturated carbocycles. The lowest BCUT2D eigenvalue weighted by molar-refractivity contribution is -0.0411. The number of hydrogen-bond acceptors (Lipinski definition) is 4. The smallest absolute Gasteiger partial charge is 0.256 e. The van der Waals surface area contributed by atoms with Crippen molar-refractivity contribution < 1.29 is 15.0 Å². The third-order valence-corrected chi connectivity index (χ3v) is 5.60. The molecule has 0 bridgehead atoms. The van der Waals surface area contributed by atoms with Crippen LogP contribution in [0.1, 0.15) is 54.1 Å². The summed E-state index contributed by atoms with van der Waals surface area (Å²) in [4.78, 5) is 12.7. The quantitative estimate of drug-likeness (QED) is 0.528. The van der Waals surface area contributed by atoms with Gasteiger partial charge in [0, 0.05) is 22.1 Å². The van der Waals surface area contributed by atoms with Gasteiger partial charge in [0.1, 0.15) is 5.00 Å². The van der Waals surface area contributed by atoms with Gasteiger partial charge in [0.25, 0.3) is 5.91 Å².